The van der Waals surface area contributed by atoms with E-state index >= 15 is 0 Å². The molecule has 2 aromatic rings. The summed E-state index contributed by atoms with van der Waals surface area (Å²) < 4.78 is 28.2. The van der Waals surface area contributed by atoms with E-state index in [1.807, 2.05) is 18.2 Å². The normalized spacial score (nSPS) is 18.5. The number of esters is 2. The highest BCUT2D eigenvalue weighted by atomic mass is 16.6. The average Bonchev–Trinajstić information content (AvgIpc) is 3.45. The molecule has 162 valence electrons. The van der Waals surface area contributed by atoms with Crippen molar-refractivity contribution in [3.8, 4) is 28.4 Å². The minimum absolute atomic E-state index is 0.00509. The van der Waals surface area contributed by atoms with E-state index in [-0.39, 0.29) is 24.6 Å². The minimum Gasteiger partial charge on any atom is -0.493 e. The van der Waals surface area contributed by atoms with Crippen LogP contribution in [0.5, 0.6) is 17.2 Å². The maximum Gasteiger partial charge on any atom is 0.350 e. The van der Waals surface area contributed by atoms with Gasteiger partial charge in [-0.3, -0.25) is 0 Å². The van der Waals surface area contributed by atoms with Gasteiger partial charge in [0.1, 0.15) is 12.7 Å². The molecular weight excluding hydrogens is 400 g/mol. The maximum absolute atomic E-state index is 12.9. The van der Waals surface area contributed by atoms with E-state index < -0.39 is 5.60 Å². The molecule has 0 bridgehead atoms. The number of methoxy groups -OCH3 is 2. The molecule has 0 saturated heterocycles. The van der Waals surface area contributed by atoms with E-state index in [0.29, 0.717) is 35.7 Å². The molecule has 0 aromatic heterocycles. The van der Waals surface area contributed by atoms with Crippen LogP contribution in [0.2, 0.25) is 0 Å². The Kier molecular flexibility index (Phi) is 4.76. The molecule has 7 heteroatoms. The fourth-order valence-electron chi connectivity index (χ4n) is 3.93. The van der Waals surface area contributed by atoms with E-state index in [0.717, 1.165) is 36.0 Å². The minimum atomic E-state index is -1.00. The Labute approximate surface area is 180 Å². The number of rotatable bonds is 7. The first-order valence-electron chi connectivity index (χ1n) is 10.5. The highest BCUT2D eigenvalue weighted by molar-refractivity contribution is 5.94. The monoisotopic (exact) mass is 424 g/mol. The van der Waals surface area contributed by atoms with Crippen LogP contribution in [0, 0.1) is 0 Å². The van der Waals surface area contributed by atoms with Gasteiger partial charge in [-0.25, -0.2) is 9.59 Å². The largest absolute Gasteiger partial charge is 0.493 e. The first-order valence-corrected chi connectivity index (χ1v) is 10.5. The van der Waals surface area contributed by atoms with E-state index in [9.17, 15) is 9.59 Å². The topological polar surface area (TPSA) is 80.3 Å². The van der Waals surface area contributed by atoms with E-state index in [1.165, 1.54) is 7.11 Å². The van der Waals surface area contributed by atoms with Gasteiger partial charge in [0.25, 0.3) is 0 Å². The van der Waals surface area contributed by atoms with Crippen molar-refractivity contribution in [1.29, 1.82) is 0 Å². The van der Waals surface area contributed by atoms with Gasteiger partial charge < -0.3 is 23.7 Å². The number of carbonyl (C=O) groups is 2. The molecule has 1 aliphatic heterocycles. The van der Waals surface area contributed by atoms with Crippen LogP contribution in [0.3, 0.4) is 0 Å². The second-order valence-electron chi connectivity index (χ2n) is 8.18. The smallest absolute Gasteiger partial charge is 0.350 e. The zero-order valence-corrected chi connectivity index (χ0v) is 17.6. The van der Waals surface area contributed by atoms with E-state index in [2.05, 4.69) is 0 Å². The summed E-state index contributed by atoms with van der Waals surface area (Å²) in [6, 6.07) is 9.15. The Balaban J connectivity index is 1.54. The van der Waals surface area contributed by atoms with Crippen LogP contribution < -0.4 is 14.2 Å². The second kappa shape index (κ2) is 7.48. The number of ether oxygens (including phenoxy) is 5. The Morgan fingerprint density at radius 3 is 2.45 bits per heavy atom. The first kappa shape index (κ1) is 19.7. The van der Waals surface area contributed by atoms with Gasteiger partial charge in [-0.2, -0.15) is 0 Å². The highest BCUT2D eigenvalue weighted by Gasteiger charge is 2.56. The predicted octanol–water partition coefficient (Wildman–Crippen LogP) is 4.05. The summed E-state index contributed by atoms with van der Waals surface area (Å²) in [7, 11) is 3.09. The van der Waals surface area contributed by atoms with Crippen molar-refractivity contribution in [2.24, 2.45) is 0 Å². The fourth-order valence-corrected chi connectivity index (χ4v) is 3.93. The van der Waals surface area contributed by atoms with Gasteiger partial charge in [0.05, 0.1) is 19.8 Å². The number of hydrogen-bond acceptors (Lipinski definition) is 7. The van der Waals surface area contributed by atoms with Crippen LogP contribution in [0.4, 0.5) is 0 Å². The summed E-state index contributed by atoms with van der Waals surface area (Å²) >= 11 is 0. The molecule has 5 rings (SSSR count). The summed E-state index contributed by atoms with van der Waals surface area (Å²) in [5, 5.41) is 0. The zero-order chi connectivity index (χ0) is 21.6. The number of benzene rings is 2. The molecule has 0 atom stereocenters. The average molecular weight is 424 g/mol. The van der Waals surface area contributed by atoms with Crippen LogP contribution in [0.1, 0.15) is 48.0 Å². The third-order valence-corrected chi connectivity index (χ3v) is 6.19. The van der Waals surface area contributed by atoms with Gasteiger partial charge in [-0.1, -0.05) is 6.07 Å². The van der Waals surface area contributed by atoms with Crippen molar-refractivity contribution in [2.45, 2.75) is 50.4 Å². The third-order valence-electron chi connectivity index (χ3n) is 6.19. The third kappa shape index (κ3) is 3.38. The van der Waals surface area contributed by atoms with Crippen molar-refractivity contribution in [3.05, 3.63) is 41.5 Å². The Morgan fingerprint density at radius 2 is 1.81 bits per heavy atom. The number of carbonyl (C=O) groups excluding carboxylic acids is 2. The van der Waals surface area contributed by atoms with Crippen molar-refractivity contribution >= 4 is 11.9 Å². The summed E-state index contributed by atoms with van der Waals surface area (Å²) in [5.74, 6) is 0.705. The predicted molar refractivity (Wildman–Crippen MR) is 110 cm³/mol. The SMILES string of the molecule is COc1ccc(-c2ccc3c(c2)COC3=O)c(OC2(C(=O)OC3CCC3)CC2)c1OC. The van der Waals surface area contributed by atoms with Crippen LogP contribution >= 0.6 is 0 Å². The Morgan fingerprint density at radius 1 is 1.03 bits per heavy atom. The molecule has 2 aromatic carbocycles. The summed E-state index contributed by atoms with van der Waals surface area (Å²) in [5.41, 5.74) is 1.95. The van der Waals surface area contributed by atoms with Crippen LogP contribution in [-0.4, -0.2) is 37.9 Å². The number of cyclic esters (lactones) is 1. The summed E-state index contributed by atoms with van der Waals surface area (Å²) in [6.45, 7) is 0.239. The molecule has 2 fully saturated rings. The molecule has 0 radical (unpaired) electrons. The highest BCUT2D eigenvalue weighted by Crippen LogP contribution is 2.51. The summed E-state index contributed by atoms with van der Waals surface area (Å²) in [4.78, 5) is 24.7. The van der Waals surface area contributed by atoms with Gasteiger partial charge in [-0.05, 0) is 49.1 Å². The first-order chi connectivity index (χ1) is 15.0. The lowest BCUT2D eigenvalue weighted by Gasteiger charge is -2.28. The van der Waals surface area contributed by atoms with Crippen LogP contribution in [-0.2, 0) is 20.9 Å². The van der Waals surface area contributed by atoms with Gasteiger partial charge in [0, 0.05) is 24.0 Å². The van der Waals surface area contributed by atoms with Gasteiger partial charge in [0.15, 0.2) is 11.5 Å². The molecule has 7 nitrogen and oxygen atoms in total. The van der Waals surface area contributed by atoms with Gasteiger partial charge >= 0.3 is 11.9 Å². The van der Waals surface area contributed by atoms with Gasteiger partial charge in [0.2, 0.25) is 11.4 Å². The molecule has 0 unspecified atom stereocenters. The Hall–Kier alpha value is -3.22. The molecule has 1 heterocycles. The number of hydrogen-bond donors (Lipinski definition) is 0. The van der Waals surface area contributed by atoms with Crippen molar-refractivity contribution in [1.82, 2.24) is 0 Å². The standard InChI is InChI=1S/C24H24O7/c1-27-19-9-8-17(14-6-7-18-15(12-14)13-29-22(18)25)20(21(19)28-2)31-24(10-11-24)23(26)30-16-4-3-5-16/h6-9,12,16H,3-5,10-11,13H2,1-2H3. The van der Waals surface area contributed by atoms with E-state index in [1.54, 1.807) is 19.2 Å². The molecular formula is C24H24O7. The lowest BCUT2D eigenvalue weighted by Crippen LogP contribution is -2.36. The van der Waals surface area contributed by atoms with Crippen molar-refractivity contribution in [2.75, 3.05) is 14.2 Å². The van der Waals surface area contributed by atoms with Crippen LogP contribution in [0.25, 0.3) is 11.1 Å². The molecule has 2 aliphatic carbocycles. The summed E-state index contributed by atoms with van der Waals surface area (Å²) in [6.07, 6.45) is 4.08. The Bertz CT molecular complexity index is 1050. The van der Waals surface area contributed by atoms with Crippen LogP contribution in [0.15, 0.2) is 30.3 Å². The fraction of sp³-hybridized carbons (Fsp3) is 0.417. The second-order valence-corrected chi connectivity index (χ2v) is 8.18. The molecule has 0 N–H and O–H groups in total. The maximum atomic E-state index is 12.9. The van der Waals surface area contributed by atoms with Gasteiger partial charge in [-0.15, -0.1) is 0 Å². The lowest BCUT2D eigenvalue weighted by atomic mass is 9.96. The number of fused-ring (bicyclic) bond motifs is 1. The molecule has 3 aliphatic rings. The van der Waals surface area contributed by atoms with Crippen molar-refractivity contribution < 1.29 is 33.3 Å². The molecule has 2 saturated carbocycles. The van der Waals surface area contributed by atoms with Crippen molar-refractivity contribution in [3.63, 3.8) is 0 Å². The lowest BCUT2D eigenvalue weighted by molar-refractivity contribution is -0.163. The molecule has 31 heavy (non-hydrogen) atoms. The zero-order valence-electron chi connectivity index (χ0n) is 17.6. The molecule has 0 amide bonds. The molecule has 0 spiro atoms. The quantitative estimate of drug-likeness (QED) is 0.621. The van der Waals surface area contributed by atoms with E-state index in [4.69, 9.17) is 23.7 Å².